The molecule has 0 bridgehead atoms. The molecule has 0 aliphatic carbocycles. The SMILES string of the molecule is CC(C)NS(=O)(=O)c1ccc(NC2CCNC2)cc1. The number of hydrogen-bond donors (Lipinski definition) is 3. The second-order valence-electron chi connectivity index (χ2n) is 5.13. The number of anilines is 1. The summed E-state index contributed by atoms with van der Waals surface area (Å²) in [6, 6.07) is 7.22. The molecule has 0 spiro atoms. The number of benzene rings is 1. The zero-order valence-electron chi connectivity index (χ0n) is 11.3. The maximum atomic E-state index is 12.0. The molecule has 6 heteroatoms. The Morgan fingerprint density at radius 1 is 1.26 bits per heavy atom. The summed E-state index contributed by atoms with van der Waals surface area (Å²) < 4.78 is 26.5. The summed E-state index contributed by atoms with van der Waals surface area (Å²) in [5, 5.41) is 6.66. The smallest absolute Gasteiger partial charge is 0.240 e. The first kappa shape index (κ1) is 14.3. The maximum Gasteiger partial charge on any atom is 0.240 e. The Labute approximate surface area is 114 Å². The van der Waals surface area contributed by atoms with E-state index in [-0.39, 0.29) is 6.04 Å². The minimum atomic E-state index is -3.39. The van der Waals surface area contributed by atoms with E-state index in [1.54, 1.807) is 26.0 Å². The fraction of sp³-hybridized carbons (Fsp3) is 0.538. The van der Waals surface area contributed by atoms with Crippen molar-refractivity contribution in [3.63, 3.8) is 0 Å². The van der Waals surface area contributed by atoms with Gasteiger partial charge in [-0.05, 0) is 51.1 Å². The van der Waals surface area contributed by atoms with E-state index in [1.807, 2.05) is 12.1 Å². The molecule has 2 rings (SSSR count). The Morgan fingerprint density at radius 2 is 1.95 bits per heavy atom. The first-order valence-corrected chi connectivity index (χ1v) is 8.05. The van der Waals surface area contributed by atoms with Crippen molar-refractivity contribution in [3.8, 4) is 0 Å². The van der Waals surface area contributed by atoms with Gasteiger partial charge in [-0.1, -0.05) is 0 Å². The highest BCUT2D eigenvalue weighted by Gasteiger charge is 2.16. The van der Waals surface area contributed by atoms with Gasteiger partial charge < -0.3 is 10.6 Å². The molecule has 0 radical (unpaired) electrons. The summed E-state index contributed by atoms with van der Waals surface area (Å²) in [5.74, 6) is 0. The van der Waals surface area contributed by atoms with Crippen molar-refractivity contribution in [2.24, 2.45) is 0 Å². The van der Waals surface area contributed by atoms with Crippen LogP contribution in [0.1, 0.15) is 20.3 Å². The van der Waals surface area contributed by atoms with Gasteiger partial charge in [0.25, 0.3) is 0 Å². The molecule has 1 aromatic carbocycles. The zero-order chi connectivity index (χ0) is 13.9. The van der Waals surface area contributed by atoms with Crippen LogP contribution in [-0.4, -0.2) is 33.6 Å². The Bertz CT molecular complexity index is 505. The lowest BCUT2D eigenvalue weighted by Crippen LogP contribution is -2.30. The summed E-state index contributed by atoms with van der Waals surface area (Å²) in [5.41, 5.74) is 0.956. The zero-order valence-corrected chi connectivity index (χ0v) is 12.1. The molecular formula is C13H21N3O2S. The van der Waals surface area contributed by atoms with E-state index in [4.69, 9.17) is 0 Å². The van der Waals surface area contributed by atoms with Crippen LogP contribution in [0.3, 0.4) is 0 Å². The van der Waals surface area contributed by atoms with Gasteiger partial charge in [-0.25, -0.2) is 13.1 Å². The van der Waals surface area contributed by atoms with Crippen LogP contribution in [0.25, 0.3) is 0 Å². The van der Waals surface area contributed by atoms with Gasteiger partial charge >= 0.3 is 0 Å². The molecular weight excluding hydrogens is 262 g/mol. The molecule has 0 saturated carbocycles. The van der Waals surface area contributed by atoms with Crippen molar-refractivity contribution >= 4 is 15.7 Å². The van der Waals surface area contributed by atoms with Crippen molar-refractivity contribution in [2.45, 2.75) is 37.2 Å². The van der Waals surface area contributed by atoms with Gasteiger partial charge in [0.1, 0.15) is 0 Å². The molecule has 1 fully saturated rings. The van der Waals surface area contributed by atoms with Crippen LogP contribution in [0.15, 0.2) is 29.2 Å². The first-order valence-electron chi connectivity index (χ1n) is 6.57. The average Bonchev–Trinajstić information content (AvgIpc) is 2.81. The summed E-state index contributed by atoms with van der Waals surface area (Å²) >= 11 is 0. The Morgan fingerprint density at radius 3 is 2.47 bits per heavy atom. The molecule has 0 aromatic heterocycles. The second-order valence-corrected chi connectivity index (χ2v) is 6.85. The largest absolute Gasteiger partial charge is 0.381 e. The molecule has 1 aliphatic rings. The lowest BCUT2D eigenvalue weighted by Gasteiger charge is -2.14. The van der Waals surface area contributed by atoms with Crippen molar-refractivity contribution in [1.82, 2.24) is 10.0 Å². The molecule has 106 valence electrons. The van der Waals surface area contributed by atoms with Gasteiger partial charge in [-0.2, -0.15) is 0 Å². The quantitative estimate of drug-likeness (QED) is 0.758. The van der Waals surface area contributed by atoms with Crippen molar-refractivity contribution in [1.29, 1.82) is 0 Å². The highest BCUT2D eigenvalue weighted by Crippen LogP contribution is 2.16. The number of rotatable bonds is 5. The van der Waals surface area contributed by atoms with E-state index >= 15 is 0 Å². The molecule has 3 N–H and O–H groups in total. The second kappa shape index (κ2) is 5.90. The monoisotopic (exact) mass is 283 g/mol. The molecule has 19 heavy (non-hydrogen) atoms. The van der Waals surface area contributed by atoms with Gasteiger partial charge in [0.2, 0.25) is 10.0 Å². The molecule has 1 aliphatic heterocycles. The van der Waals surface area contributed by atoms with Crippen LogP contribution in [0.4, 0.5) is 5.69 Å². The van der Waals surface area contributed by atoms with Crippen molar-refractivity contribution in [3.05, 3.63) is 24.3 Å². The topological polar surface area (TPSA) is 70.2 Å². The maximum absolute atomic E-state index is 12.0. The van der Waals surface area contributed by atoms with E-state index in [0.717, 1.165) is 25.2 Å². The predicted molar refractivity (Wildman–Crippen MR) is 76.8 cm³/mol. The van der Waals surface area contributed by atoms with Gasteiger partial charge in [-0.3, -0.25) is 0 Å². The van der Waals surface area contributed by atoms with E-state index in [0.29, 0.717) is 10.9 Å². The third kappa shape index (κ3) is 3.92. The van der Waals surface area contributed by atoms with Gasteiger partial charge in [-0.15, -0.1) is 0 Å². The summed E-state index contributed by atoms with van der Waals surface area (Å²) in [7, 11) is -3.39. The molecule has 1 aromatic rings. The van der Waals surface area contributed by atoms with Crippen LogP contribution in [0.2, 0.25) is 0 Å². The highest BCUT2D eigenvalue weighted by molar-refractivity contribution is 7.89. The minimum absolute atomic E-state index is 0.104. The standard InChI is InChI=1S/C13H21N3O2S/c1-10(2)16-19(17,18)13-5-3-11(4-6-13)15-12-7-8-14-9-12/h3-6,10,12,14-16H,7-9H2,1-2H3. The predicted octanol–water partition coefficient (Wildman–Crippen LogP) is 1.15. The van der Waals surface area contributed by atoms with Crippen LogP contribution < -0.4 is 15.4 Å². The molecule has 5 nitrogen and oxygen atoms in total. The van der Waals surface area contributed by atoms with Gasteiger partial charge in [0, 0.05) is 24.3 Å². The average molecular weight is 283 g/mol. The summed E-state index contributed by atoms with van der Waals surface area (Å²) in [6.07, 6.45) is 1.09. The fourth-order valence-corrected chi connectivity index (χ4v) is 3.37. The number of hydrogen-bond acceptors (Lipinski definition) is 4. The van der Waals surface area contributed by atoms with E-state index in [2.05, 4.69) is 15.4 Å². The first-order chi connectivity index (χ1) is 8.97. The summed E-state index contributed by atoms with van der Waals surface area (Å²) in [4.78, 5) is 0.302. The van der Waals surface area contributed by atoms with E-state index in [1.165, 1.54) is 0 Å². The van der Waals surface area contributed by atoms with Crippen molar-refractivity contribution in [2.75, 3.05) is 18.4 Å². The molecule has 1 heterocycles. The number of nitrogens with one attached hydrogen (secondary N) is 3. The normalized spacial score (nSPS) is 19.8. The van der Waals surface area contributed by atoms with E-state index in [9.17, 15) is 8.42 Å². The van der Waals surface area contributed by atoms with Crippen molar-refractivity contribution < 1.29 is 8.42 Å². The highest BCUT2D eigenvalue weighted by atomic mass is 32.2. The van der Waals surface area contributed by atoms with E-state index < -0.39 is 10.0 Å². The number of sulfonamides is 1. The van der Waals surface area contributed by atoms with Crippen LogP contribution in [0.5, 0.6) is 0 Å². The third-order valence-electron chi connectivity index (χ3n) is 2.99. The lowest BCUT2D eigenvalue weighted by atomic mass is 10.2. The minimum Gasteiger partial charge on any atom is -0.381 e. The Kier molecular flexibility index (Phi) is 4.44. The Hall–Kier alpha value is -1.11. The van der Waals surface area contributed by atoms with Crippen LogP contribution in [-0.2, 0) is 10.0 Å². The lowest BCUT2D eigenvalue weighted by molar-refractivity contribution is 0.570. The summed E-state index contributed by atoms with van der Waals surface area (Å²) in [6.45, 7) is 5.60. The van der Waals surface area contributed by atoms with Gasteiger partial charge in [0.15, 0.2) is 0 Å². The fourth-order valence-electron chi connectivity index (χ4n) is 2.12. The molecule has 1 unspecified atom stereocenters. The van der Waals surface area contributed by atoms with Crippen LogP contribution >= 0.6 is 0 Å². The Balaban J connectivity index is 2.05. The van der Waals surface area contributed by atoms with Gasteiger partial charge in [0.05, 0.1) is 4.90 Å². The van der Waals surface area contributed by atoms with Crippen LogP contribution in [0, 0.1) is 0 Å². The molecule has 1 atom stereocenters. The third-order valence-corrected chi connectivity index (χ3v) is 4.66. The molecule has 1 saturated heterocycles. The molecule has 0 amide bonds.